The van der Waals surface area contributed by atoms with Crippen molar-refractivity contribution in [3.8, 4) is 0 Å². The molecule has 0 aliphatic rings. The molecule has 5 nitrogen and oxygen atoms in total. The minimum atomic E-state index is 0.608. The number of anilines is 1. The van der Waals surface area contributed by atoms with E-state index in [1.54, 1.807) is 12.6 Å². The Balaban J connectivity index is 1.98. The third-order valence-electron chi connectivity index (χ3n) is 2.03. The van der Waals surface area contributed by atoms with Gasteiger partial charge in [0, 0.05) is 17.8 Å². The Hall–Kier alpha value is -1.91. The van der Waals surface area contributed by atoms with Crippen molar-refractivity contribution in [2.24, 2.45) is 0 Å². The zero-order valence-corrected chi connectivity index (χ0v) is 8.47. The lowest BCUT2D eigenvalue weighted by molar-refractivity contribution is 0.412. The van der Waals surface area contributed by atoms with Gasteiger partial charge in [-0.05, 0) is 6.42 Å². The molecule has 2 heterocycles. The first-order valence-corrected chi connectivity index (χ1v) is 4.82. The normalized spacial score (nSPS) is 10.2. The van der Waals surface area contributed by atoms with E-state index in [2.05, 4.69) is 27.4 Å². The smallest absolute Gasteiger partial charge is 0.129 e. The van der Waals surface area contributed by atoms with E-state index in [9.17, 15) is 0 Å². The van der Waals surface area contributed by atoms with E-state index in [4.69, 9.17) is 4.52 Å². The molecule has 0 unspecified atom stereocenters. The molecule has 1 N–H and O–H groups in total. The van der Waals surface area contributed by atoms with Crippen LogP contribution in [0.2, 0.25) is 0 Å². The van der Waals surface area contributed by atoms with Gasteiger partial charge in [-0.25, -0.2) is 9.97 Å². The number of aromatic nitrogens is 3. The summed E-state index contributed by atoms with van der Waals surface area (Å²) < 4.78 is 4.73. The molecule has 5 heteroatoms. The molecule has 2 rings (SSSR count). The highest BCUT2D eigenvalue weighted by atomic mass is 16.5. The van der Waals surface area contributed by atoms with Gasteiger partial charge in [0.2, 0.25) is 0 Å². The number of aryl methyl sites for hydroxylation is 1. The first-order chi connectivity index (χ1) is 7.38. The van der Waals surface area contributed by atoms with E-state index in [0.29, 0.717) is 6.54 Å². The van der Waals surface area contributed by atoms with Crippen LogP contribution in [0, 0.1) is 0 Å². The van der Waals surface area contributed by atoms with Crippen molar-refractivity contribution in [2.75, 3.05) is 5.32 Å². The van der Waals surface area contributed by atoms with Crippen LogP contribution in [-0.2, 0) is 13.0 Å². The summed E-state index contributed by atoms with van der Waals surface area (Å²) in [6.07, 6.45) is 4.01. The number of rotatable bonds is 4. The molecule has 0 radical (unpaired) electrons. The Kier molecular flexibility index (Phi) is 2.92. The molecule has 0 aliphatic heterocycles. The fourth-order valence-corrected chi connectivity index (χ4v) is 1.20. The van der Waals surface area contributed by atoms with Crippen LogP contribution in [0.15, 0.2) is 29.2 Å². The molecule has 0 fully saturated rings. The third kappa shape index (κ3) is 2.52. The lowest BCUT2D eigenvalue weighted by Crippen LogP contribution is -2.02. The van der Waals surface area contributed by atoms with Crippen molar-refractivity contribution < 1.29 is 4.52 Å². The highest BCUT2D eigenvalue weighted by molar-refractivity contribution is 5.35. The van der Waals surface area contributed by atoms with Gasteiger partial charge < -0.3 is 9.84 Å². The molecule has 0 spiro atoms. The van der Waals surface area contributed by atoms with E-state index < -0.39 is 0 Å². The maximum absolute atomic E-state index is 4.73. The van der Waals surface area contributed by atoms with Crippen molar-refractivity contribution in [3.63, 3.8) is 0 Å². The molecular formula is C10H12N4O. The summed E-state index contributed by atoms with van der Waals surface area (Å²) in [6.45, 7) is 2.67. The van der Waals surface area contributed by atoms with Crippen LogP contribution in [0.25, 0.3) is 0 Å². The lowest BCUT2D eigenvalue weighted by Gasteiger charge is -2.03. The van der Waals surface area contributed by atoms with Gasteiger partial charge in [0.1, 0.15) is 24.1 Å². The van der Waals surface area contributed by atoms with Crippen LogP contribution < -0.4 is 5.32 Å². The molecule has 0 amide bonds. The molecule has 0 bridgehead atoms. The van der Waals surface area contributed by atoms with E-state index in [1.165, 1.54) is 0 Å². The second kappa shape index (κ2) is 4.54. The Bertz CT molecular complexity index is 413. The molecule has 0 aromatic carbocycles. The Morgan fingerprint density at radius 3 is 3.00 bits per heavy atom. The Labute approximate surface area is 87.5 Å². The number of nitrogens with zero attached hydrogens (tertiary/aromatic N) is 3. The van der Waals surface area contributed by atoms with Gasteiger partial charge in [-0.2, -0.15) is 0 Å². The first kappa shape index (κ1) is 9.64. The summed E-state index contributed by atoms with van der Waals surface area (Å²) in [7, 11) is 0. The maximum Gasteiger partial charge on any atom is 0.129 e. The average molecular weight is 204 g/mol. The highest BCUT2D eigenvalue weighted by Crippen LogP contribution is 2.06. The monoisotopic (exact) mass is 204 g/mol. The van der Waals surface area contributed by atoms with Gasteiger partial charge in [0.25, 0.3) is 0 Å². The molecule has 0 atom stereocenters. The van der Waals surface area contributed by atoms with Gasteiger partial charge in [0.15, 0.2) is 0 Å². The third-order valence-corrected chi connectivity index (χ3v) is 2.03. The van der Waals surface area contributed by atoms with Gasteiger partial charge >= 0.3 is 0 Å². The van der Waals surface area contributed by atoms with Crippen LogP contribution in [0.4, 0.5) is 5.82 Å². The largest absolute Gasteiger partial charge is 0.364 e. The molecule has 2 aromatic heterocycles. The van der Waals surface area contributed by atoms with E-state index in [0.717, 1.165) is 23.6 Å². The van der Waals surface area contributed by atoms with Crippen molar-refractivity contribution in [2.45, 2.75) is 19.9 Å². The van der Waals surface area contributed by atoms with Gasteiger partial charge in [0.05, 0.1) is 6.54 Å². The first-order valence-electron chi connectivity index (χ1n) is 4.82. The summed E-state index contributed by atoms with van der Waals surface area (Å²) in [4.78, 5) is 8.22. The fourth-order valence-electron chi connectivity index (χ4n) is 1.20. The van der Waals surface area contributed by atoms with Gasteiger partial charge in [-0.3, -0.25) is 0 Å². The van der Waals surface area contributed by atoms with Gasteiger partial charge in [-0.15, -0.1) is 0 Å². The van der Waals surface area contributed by atoms with Crippen LogP contribution >= 0.6 is 0 Å². The predicted molar refractivity (Wildman–Crippen MR) is 55.2 cm³/mol. The second-order valence-corrected chi connectivity index (χ2v) is 3.09. The van der Waals surface area contributed by atoms with Crippen LogP contribution in [0.5, 0.6) is 0 Å². The van der Waals surface area contributed by atoms with Crippen molar-refractivity contribution in [1.82, 2.24) is 15.1 Å². The van der Waals surface area contributed by atoms with Crippen LogP contribution in [-0.4, -0.2) is 15.1 Å². The predicted octanol–water partition coefficient (Wildman–Crippen LogP) is 1.64. The standard InChI is InChI=1S/C10H12N4O/c1-2-8-5-10(13-7-12-8)11-6-9-3-4-15-14-9/h3-5,7H,2,6H2,1H3,(H,11,12,13). The van der Waals surface area contributed by atoms with E-state index in [-0.39, 0.29) is 0 Å². The van der Waals surface area contributed by atoms with Crippen LogP contribution in [0.1, 0.15) is 18.3 Å². The van der Waals surface area contributed by atoms with Gasteiger partial charge in [-0.1, -0.05) is 12.1 Å². The molecule has 15 heavy (non-hydrogen) atoms. The summed E-state index contributed by atoms with van der Waals surface area (Å²) in [6, 6.07) is 3.75. The zero-order chi connectivity index (χ0) is 10.5. The Morgan fingerprint density at radius 2 is 2.27 bits per heavy atom. The molecule has 78 valence electrons. The second-order valence-electron chi connectivity index (χ2n) is 3.09. The van der Waals surface area contributed by atoms with Crippen molar-refractivity contribution >= 4 is 5.82 Å². The number of hydrogen-bond donors (Lipinski definition) is 1. The molecule has 0 saturated carbocycles. The minimum absolute atomic E-state index is 0.608. The molecule has 2 aromatic rings. The lowest BCUT2D eigenvalue weighted by atomic mass is 10.3. The van der Waals surface area contributed by atoms with Crippen LogP contribution in [0.3, 0.4) is 0 Å². The zero-order valence-electron chi connectivity index (χ0n) is 8.47. The highest BCUT2D eigenvalue weighted by Gasteiger charge is 1.99. The van der Waals surface area contributed by atoms with E-state index >= 15 is 0 Å². The summed E-state index contributed by atoms with van der Waals surface area (Å²) in [5.74, 6) is 0.810. The molecule has 0 aliphatic carbocycles. The molecule has 0 saturated heterocycles. The fraction of sp³-hybridized carbons (Fsp3) is 0.300. The quantitative estimate of drug-likeness (QED) is 0.820. The average Bonchev–Trinajstić information content (AvgIpc) is 2.79. The number of hydrogen-bond acceptors (Lipinski definition) is 5. The van der Waals surface area contributed by atoms with Crippen molar-refractivity contribution in [1.29, 1.82) is 0 Å². The molecular weight excluding hydrogens is 192 g/mol. The summed E-state index contributed by atoms with van der Waals surface area (Å²) >= 11 is 0. The van der Waals surface area contributed by atoms with E-state index in [1.807, 2.05) is 12.1 Å². The minimum Gasteiger partial charge on any atom is -0.364 e. The summed E-state index contributed by atoms with van der Waals surface area (Å²) in [5, 5.41) is 6.94. The Morgan fingerprint density at radius 1 is 1.33 bits per heavy atom. The topological polar surface area (TPSA) is 63.8 Å². The SMILES string of the molecule is CCc1cc(NCc2ccon2)ncn1. The van der Waals surface area contributed by atoms with Crippen molar-refractivity contribution in [3.05, 3.63) is 36.1 Å². The maximum atomic E-state index is 4.73. The number of nitrogens with one attached hydrogen (secondary N) is 1. The summed E-state index contributed by atoms with van der Waals surface area (Å²) in [5.41, 5.74) is 1.87.